The average molecular weight is 643 g/mol. The van der Waals surface area contributed by atoms with E-state index >= 15 is 0 Å². The van der Waals surface area contributed by atoms with Crippen LogP contribution in [0.4, 0.5) is 10.5 Å². The van der Waals surface area contributed by atoms with Crippen LogP contribution in [0.2, 0.25) is 18.1 Å². The highest BCUT2D eigenvalue weighted by Crippen LogP contribution is 2.40. The molecule has 0 radical (unpaired) electrons. The zero-order valence-corrected chi connectivity index (χ0v) is 30.6. The predicted molar refractivity (Wildman–Crippen MR) is 186 cm³/mol. The molecule has 0 spiro atoms. The average Bonchev–Trinajstić information content (AvgIpc) is 2.94. The van der Waals surface area contributed by atoms with Crippen LogP contribution in [0.5, 0.6) is 0 Å². The van der Waals surface area contributed by atoms with Gasteiger partial charge in [0.2, 0.25) is 0 Å². The second kappa shape index (κ2) is 16.2. The summed E-state index contributed by atoms with van der Waals surface area (Å²) in [4.78, 5) is 36.2. The van der Waals surface area contributed by atoms with Crippen molar-refractivity contribution in [2.45, 2.75) is 111 Å². The van der Waals surface area contributed by atoms with Gasteiger partial charge in [-0.3, -0.25) is 4.79 Å². The summed E-state index contributed by atoms with van der Waals surface area (Å²) in [6, 6.07) is 6.33. The monoisotopic (exact) mass is 642 g/mol. The maximum absolute atomic E-state index is 13.3. The van der Waals surface area contributed by atoms with Crippen molar-refractivity contribution in [2.24, 2.45) is 23.5 Å². The van der Waals surface area contributed by atoms with Gasteiger partial charge in [0.05, 0.1) is 6.10 Å². The van der Waals surface area contributed by atoms with E-state index < -0.39 is 26.6 Å². The van der Waals surface area contributed by atoms with E-state index in [1.165, 1.54) is 0 Å². The molecular weight excluding hydrogens is 584 g/mol. The molecule has 1 aromatic carbocycles. The summed E-state index contributed by atoms with van der Waals surface area (Å²) in [6.07, 6.45) is 6.57. The molecule has 45 heavy (non-hydrogen) atoms. The number of carbonyl (C=O) groups is 2. The van der Waals surface area contributed by atoms with Crippen LogP contribution in [0.15, 0.2) is 53.6 Å². The number of nitrogens with two attached hydrogens (primary N) is 1. The summed E-state index contributed by atoms with van der Waals surface area (Å²) in [5.41, 5.74) is 9.73. The van der Waals surface area contributed by atoms with Gasteiger partial charge in [0.1, 0.15) is 6.10 Å². The minimum absolute atomic E-state index is 0.0217. The van der Waals surface area contributed by atoms with Crippen molar-refractivity contribution in [2.75, 3.05) is 19.5 Å². The van der Waals surface area contributed by atoms with Gasteiger partial charge in [0.15, 0.2) is 14.4 Å². The molecule has 1 aliphatic heterocycles. The van der Waals surface area contributed by atoms with Crippen LogP contribution in [0.25, 0.3) is 0 Å². The lowest BCUT2D eigenvalue weighted by Crippen LogP contribution is -2.40. The SMILES string of the molecule is CO[C@H]1/C=C/C=C(\C)C(=O)Nc2cc(CC(C)(C)[Si](C)(C)O)cc(c2)[C@H](C)[C@@H](C)C[C@H](OC)[C@H](C)[C@@H](C)/C=C(\C)[C@@H]1OC(N)=O. The van der Waals surface area contributed by atoms with Crippen LogP contribution in [0.3, 0.4) is 0 Å². The number of rotatable bonds is 6. The Morgan fingerprint density at radius 2 is 1.73 bits per heavy atom. The fraction of sp³-hybridized carbons (Fsp3) is 0.611. The smallest absolute Gasteiger partial charge is 0.405 e. The summed E-state index contributed by atoms with van der Waals surface area (Å²) in [5.74, 6) is 0.485. The fourth-order valence-electron chi connectivity index (χ4n) is 5.77. The van der Waals surface area contributed by atoms with E-state index in [9.17, 15) is 14.4 Å². The Hall–Kier alpha value is -2.72. The standard InChI is InChI=1S/C36H58N2O6Si/c1-22-14-13-15-31(42-9)33(44-35(37)40)25(4)16-23(2)27(6)32(43-10)17-24(3)26(5)29-18-28(19-30(20-29)38-34(22)39)21-36(7,8)45(11,12)41/h13-16,18-20,23-24,26-27,31-33,41H,17,21H2,1-12H3,(H2,37,40)(H,38,39)/b15-13+,22-14+,25-16+/t23-,24-,26+,27+,31-,32-,33-/m0/s1. The van der Waals surface area contributed by atoms with Gasteiger partial charge in [0.25, 0.3) is 5.91 Å². The largest absolute Gasteiger partial charge is 0.439 e. The summed E-state index contributed by atoms with van der Waals surface area (Å²) >= 11 is 0. The van der Waals surface area contributed by atoms with Gasteiger partial charge in [0, 0.05) is 25.5 Å². The van der Waals surface area contributed by atoms with Crippen molar-refractivity contribution in [1.29, 1.82) is 0 Å². The zero-order valence-electron chi connectivity index (χ0n) is 29.6. The Morgan fingerprint density at radius 1 is 1.09 bits per heavy atom. The third-order valence-electron chi connectivity index (χ3n) is 10.1. The Kier molecular flexibility index (Phi) is 13.9. The maximum Gasteiger partial charge on any atom is 0.405 e. The van der Waals surface area contributed by atoms with Crippen LogP contribution in [0.1, 0.15) is 78.9 Å². The summed E-state index contributed by atoms with van der Waals surface area (Å²) in [6.45, 7) is 20.6. The van der Waals surface area contributed by atoms with Crippen molar-refractivity contribution in [3.8, 4) is 0 Å². The molecule has 0 fully saturated rings. The van der Waals surface area contributed by atoms with Crippen molar-refractivity contribution < 1.29 is 28.6 Å². The third-order valence-corrected chi connectivity index (χ3v) is 13.6. The number of allylic oxidation sites excluding steroid dienone is 3. The molecule has 0 saturated carbocycles. The number of fused-ring (bicyclic) bond motifs is 2. The molecule has 1 heterocycles. The fourth-order valence-corrected chi connectivity index (χ4v) is 6.41. The van der Waals surface area contributed by atoms with E-state index in [4.69, 9.17) is 19.9 Å². The number of anilines is 1. The molecule has 2 amide bonds. The number of hydrogen-bond donors (Lipinski definition) is 3. The van der Waals surface area contributed by atoms with Gasteiger partial charge in [-0.1, -0.05) is 71.9 Å². The molecule has 1 aromatic rings. The lowest BCUT2D eigenvalue weighted by atomic mass is 9.79. The molecule has 8 nitrogen and oxygen atoms in total. The number of ether oxygens (including phenoxy) is 3. The second-order valence-corrected chi connectivity index (χ2v) is 18.7. The summed E-state index contributed by atoms with van der Waals surface area (Å²) in [7, 11) is 0.833. The first-order chi connectivity index (χ1) is 20.8. The van der Waals surface area contributed by atoms with Gasteiger partial charge in [-0.15, -0.1) is 0 Å². The Morgan fingerprint density at radius 3 is 2.29 bits per heavy atom. The highest BCUT2D eigenvalue weighted by Gasteiger charge is 2.38. The van der Waals surface area contributed by atoms with E-state index in [1.807, 2.05) is 26.1 Å². The third kappa shape index (κ3) is 10.7. The normalized spacial score (nSPS) is 30.8. The Bertz CT molecular complexity index is 1260. The van der Waals surface area contributed by atoms with E-state index in [1.54, 1.807) is 39.4 Å². The van der Waals surface area contributed by atoms with Crippen LogP contribution in [-0.2, 0) is 25.4 Å². The van der Waals surface area contributed by atoms with E-state index in [0.717, 1.165) is 28.8 Å². The molecule has 252 valence electrons. The Labute approximate surface area is 272 Å². The van der Waals surface area contributed by atoms with Gasteiger partial charge >= 0.3 is 6.09 Å². The maximum atomic E-state index is 13.3. The number of amides is 2. The molecule has 0 aliphatic carbocycles. The minimum Gasteiger partial charge on any atom is -0.439 e. The molecule has 0 aromatic heterocycles. The molecular formula is C36H58N2O6Si. The topological polar surface area (TPSA) is 120 Å². The van der Waals surface area contributed by atoms with Gasteiger partial charge < -0.3 is 30.1 Å². The van der Waals surface area contributed by atoms with Gasteiger partial charge in [-0.25, -0.2) is 4.79 Å². The zero-order chi connectivity index (χ0) is 34.3. The molecule has 7 atom stereocenters. The quantitative estimate of drug-likeness (QED) is 0.218. The molecule has 2 bridgehead atoms. The van der Waals surface area contributed by atoms with E-state index in [2.05, 4.69) is 65.1 Å². The van der Waals surface area contributed by atoms with Crippen LogP contribution >= 0.6 is 0 Å². The lowest BCUT2D eigenvalue weighted by molar-refractivity contribution is -0.112. The first-order valence-electron chi connectivity index (χ1n) is 16.0. The van der Waals surface area contributed by atoms with Crippen molar-refractivity contribution in [3.63, 3.8) is 0 Å². The number of hydrogen-bond acceptors (Lipinski definition) is 6. The number of primary amides is 1. The minimum atomic E-state index is -2.47. The first kappa shape index (κ1) is 38.5. The van der Waals surface area contributed by atoms with Crippen molar-refractivity contribution in [3.05, 3.63) is 64.8 Å². The molecule has 2 rings (SSSR count). The highest BCUT2D eigenvalue weighted by atomic mass is 28.4. The van der Waals surface area contributed by atoms with Crippen LogP contribution < -0.4 is 11.1 Å². The Balaban J connectivity index is 2.68. The first-order valence-corrected chi connectivity index (χ1v) is 19.0. The molecule has 0 unspecified atom stereocenters. The predicted octanol–water partition coefficient (Wildman–Crippen LogP) is 7.50. The molecule has 4 N–H and O–H groups in total. The number of benzene rings is 1. The molecule has 9 heteroatoms. The van der Waals surface area contributed by atoms with Gasteiger partial charge in [-0.2, -0.15) is 0 Å². The van der Waals surface area contributed by atoms with Crippen LogP contribution in [0, 0.1) is 17.8 Å². The van der Waals surface area contributed by atoms with Crippen LogP contribution in [-0.4, -0.2) is 57.6 Å². The number of carbonyl (C=O) groups excluding carboxylic acids is 2. The number of nitrogens with one attached hydrogen (secondary N) is 1. The number of methoxy groups -OCH3 is 2. The highest BCUT2D eigenvalue weighted by molar-refractivity contribution is 6.72. The molecule has 0 saturated heterocycles. The van der Waals surface area contributed by atoms with E-state index in [0.29, 0.717) is 12.0 Å². The van der Waals surface area contributed by atoms with Crippen molar-refractivity contribution in [1.82, 2.24) is 0 Å². The summed E-state index contributed by atoms with van der Waals surface area (Å²) in [5, 5.41) is 2.84. The lowest BCUT2D eigenvalue weighted by Gasteiger charge is -2.35. The second-order valence-electron chi connectivity index (χ2n) is 14.2. The van der Waals surface area contributed by atoms with E-state index in [-0.39, 0.29) is 40.7 Å². The van der Waals surface area contributed by atoms with Crippen molar-refractivity contribution >= 4 is 26.0 Å². The van der Waals surface area contributed by atoms with Gasteiger partial charge in [-0.05, 0) is 97.3 Å². The summed E-state index contributed by atoms with van der Waals surface area (Å²) < 4.78 is 17.3. The molecule has 1 aliphatic rings.